The zero-order valence-corrected chi connectivity index (χ0v) is 17.9. The number of halogens is 1. The molecule has 31 heavy (non-hydrogen) atoms. The van der Waals surface area contributed by atoms with Gasteiger partial charge >= 0.3 is 0 Å². The van der Waals surface area contributed by atoms with Crippen molar-refractivity contribution in [1.82, 2.24) is 14.7 Å². The molecule has 0 radical (unpaired) electrons. The van der Waals surface area contributed by atoms with E-state index in [1.807, 2.05) is 0 Å². The van der Waals surface area contributed by atoms with Crippen molar-refractivity contribution in [2.45, 2.75) is 11.3 Å². The van der Waals surface area contributed by atoms with E-state index in [1.54, 1.807) is 24.3 Å². The lowest BCUT2D eigenvalue weighted by atomic mass is 10.1. The second-order valence-electron chi connectivity index (χ2n) is 6.48. The van der Waals surface area contributed by atoms with E-state index < -0.39 is 25.9 Å². The van der Waals surface area contributed by atoms with Gasteiger partial charge in [-0.3, -0.25) is 0 Å². The normalized spacial score (nSPS) is 15.7. The first kappa shape index (κ1) is 22.7. The topological polar surface area (TPSA) is 156 Å². The fraction of sp³-hybridized carbons (Fsp3) is 0.167. The average Bonchev–Trinajstić information content (AvgIpc) is 2.70. The highest BCUT2D eigenvalue weighted by Crippen LogP contribution is 2.22. The molecule has 4 N–H and O–H groups in total. The van der Waals surface area contributed by atoms with Crippen LogP contribution in [0.2, 0.25) is 0 Å². The molecule has 0 bridgehead atoms. The van der Waals surface area contributed by atoms with Crippen LogP contribution in [0.3, 0.4) is 0 Å². The zero-order chi connectivity index (χ0) is 22.6. The summed E-state index contributed by atoms with van der Waals surface area (Å²) in [5.74, 6) is -1.35. The van der Waals surface area contributed by atoms with E-state index in [-0.39, 0.29) is 22.4 Å². The van der Waals surface area contributed by atoms with Gasteiger partial charge in [0, 0.05) is 5.69 Å². The first-order valence-corrected chi connectivity index (χ1v) is 12.0. The molecule has 0 fully saturated rings. The molecule has 0 aliphatic heterocycles. The van der Waals surface area contributed by atoms with E-state index in [1.165, 1.54) is 25.2 Å². The molecule has 0 unspecified atom stereocenters. The number of nitrogens with one attached hydrogen (secondary N) is 2. The van der Waals surface area contributed by atoms with E-state index in [0.29, 0.717) is 23.4 Å². The lowest BCUT2D eigenvalue weighted by molar-refractivity contribution is 0.588. The summed E-state index contributed by atoms with van der Waals surface area (Å²) in [6.45, 7) is 0. The van der Waals surface area contributed by atoms with Gasteiger partial charge in [0.05, 0.1) is 22.6 Å². The molecule has 1 aliphatic rings. The smallest absolute Gasteiger partial charge is 0.252 e. The van der Waals surface area contributed by atoms with Crippen LogP contribution in [0.5, 0.6) is 0 Å². The molecular weight excluding hydrogens is 447 g/mol. The molecule has 1 aliphatic carbocycles. The van der Waals surface area contributed by atoms with Crippen molar-refractivity contribution < 1.29 is 21.2 Å². The monoisotopic (exact) mass is 466 g/mol. The first-order chi connectivity index (χ1) is 14.6. The van der Waals surface area contributed by atoms with Gasteiger partial charge in [0.15, 0.2) is 11.6 Å². The van der Waals surface area contributed by atoms with Crippen LogP contribution in [0, 0.1) is 5.82 Å². The highest BCUT2D eigenvalue weighted by Gasteiger charge is 2.14. The maximum Gasteiger partial charge on any atom is 0.252 e. The Hall–Kier alpha value is -3.00. The Morgan fingerprint density at radius 3 is 2.74 bits per heavy atom. The van der Waals surface area contributed by atoms with Crippen LogP contribution in [0.1, 0.15) is 6.42 Å². The van der Waals surface area contributed by atoms with Gasteiger partial charge in [0.25, 0.3) is 5.95 Å². The summed E-state index contributed by atoms with van der Waals surface area (Å²) in [6.07, 6.45) is 6.26. The number of nitrogens with zero attached hydrogens (tertiary/aromatic N) is 3. The lowest BCUT2D eigenvalue weighted by Crippen LogP contribution is -2.19. The fourth-order valence-corrected chi connectivity index (χ4v) is 4.18. The number of anilines is 2. The quantitative estimate of drug-likeness (QED) is 0.558. The molecule has 0 atom stereocenters. The zero-order valence-electron chi connectivity index (χ0n) is 16.3. The summed E-state index contributed by atoms with van der Waals surface area (Å²) in [4.78, 5) is 12.0. The van der Waals surface area contributed by atoms with E-state index in [2.05, 4.69) is 25.0 Å². The van der Waals surface area contributed by atoms with Crippen LogP contribution in [-0.4, -0.2) is 45.3 Å². The van der Waals surface area contributed by atoms with Crippen molar-refractivity contribution in [3.8, 4) is 0 Å². The highest BCUT2D eigenvalue weighted by atomic mass is 32.2. The molecule has 0 saturated carbocycles. The Labute approximate surface area is 178 Å². The van der Waals surface area contributed by atoms with Crippen molar-refractivity contribution in [2.75, 3.05) is 18.1 Å². The van der Waals surface area contributed by atoms with E-state index in [9.17, 15) is 21.2 Å². The molecule has 0 saturated heterocycles. The summed E-state index contributed by atoms with van der Waals surface area (Å²) < 4.78 is 62.9. The van der Waals surface area contributed by atoms with Gasteiger partial charge in [0.1, 0.15) is 0 Å². The van der Waals surface area contributed by atoms with Crippen molar-refractivity contribution in [3.63, 3.8) is 0 Å². The predicted octanol–water partition coefficient (Wildman–Crippen LogP) is 1.51. The first-order valence-electron chi connectivity index (χ1n) is 8.84. The van der Waals surface area contributed by atoms with Crippen LogP contribution in [0.4, 0.5) is 21.8 Å². The van der Waals surface area contributed by atoms with Crippen molar-refractivity contribution >= 4 is 43.2 Å². The minimum atomic E-state index is -3.68. The molecule has 3 rings (SSSR count). The Morgan fingerprint density at radius 2 is 2.03 bits per heavy atom. The van der Waals surface area contributed by atoms with Gasteiger partial charge in [-0.1, -0.05) is 12.1 Å². The molecule has 10 nitrogen and oxygen atoms in total. The number of hydrogen-bond donors (Lipinski definition) is 3. The summed E-state index contributed by atoms with van der Waals surface area (Å²) in [7, 11) is -6.07. The lowest BCUT2D eigenvalue weighted by Gasteiger charge is -2.10. The maximum absolute atomic E-state index is 14.2. The minimum absolute atomic E-state index is 0.00482. The van der Waals surface area contributed by atoms with Crippen LogP contribution < -0.4 is 15.2 Å². The number of nitrogens with two attached hydrogens (primary N) is 1. The standard InChI is InChI=1S/C18H19FN6O4S2/c1-21-31(28,29)15-7-3-6-14(9-15)23-17-16(19)10-22-18(25-17)24-13-5-2-4-12(8-13)11-30(20,26)27/h2-3,5-10,21H,4,11H2,1H3,(H2,20,26,27)(H,22,23,25). The van der Waals surface area contributed by atoms with E-state index in [4.69, 9.17) is 5.14 Å². The Kier molecular flexibility index (Phi) is 6.59. The van der Waals surface area contributed by atoms with Gasteiger partial charge in [-0.25, -0.2) is 41.1 Å². The summed E-state index contributed by atoms with van der Waals surface area (Å²) >= 11 is 0. The van der Waals surface area contributed by atoms with Gasteiger partial charge in [-0.05, 0) is 49.4 Å². The molecule has 1 aromatic heterocycles. The van der Waals surface area contributed by atoms with Crippen molar-refractivity contribution in [2.24, 2.45) is 10.1 Å². The predicted molar refractivity (Wildman–Crippen MR) is 115 cm³/mol. The van der Waals surface area contributed by atoms with Crippen LogP contribution in [-0.2, 0) is 20.0 Å². The molecule has 1 heterocycles. The molecule has 0 amide bonds. The van der Waals surface area contributed by atoms with Crippen molar-refractivity contribution in [1.29, 1.82) is 0 Å². The van der Waals surface area contributed by atoms with Crippen molar-refractivity contribution in [3.05, 3.63) is 60.1 Å². The number of aromatic nitrogens is 2. The molecular formula is C18H19FN6O4S2. The van der Waals surface area contributed by atoms with Crippen LogP contribution >= 0.6 is 0 Å². The largest absolute Gasteiger partial charge is 0.338 e. The second-order valence-corrected chi connectivity index (χ2v) is 9.98. The molecule has 2 aromatic rings. The Morgan fingerprint density at radius 1 is 1.26 bits per heavy atom. The molecule has 13 heteroatoms. The van der Waals surface area contributed by atoms with Gasteiger partial charge in [-0.15, -0.1) is 0 Å². The third-order valence-corrected chi connectivity index (χ3v) is 6.23. The minimum Gasteiger partial charge on any atom is -0.338 e. The van der Waals surface area contributed by atoms with Gasteiger partial charge in [-0.2, -0.15) is 4.98 Å². The van der Waals surface area contributed by atoms with Crippen LogP contribution in [0.15, 0.2) is 64.2 Å². The average molecular weight is 467 g/mol. The number of sulfonamides is 2. The number of hydrogen-bond acceptors (Lipinski definition) is 8. The number of benzene rings is 1. The van der Waals surface area contributed by atoms with Gasteiger partial charge < -0.3 is 5.32 Å². The third kappa shape index (κ3) is 6.24. The van der Waals surface area contributed by atoms with Gasteiger partial charge in [0.2, 0.25) is 20.0 Å². The number of allylic oxidation sites excluding steroid dienone is 3. The third-order valence-electron chi connectivity index (χ3n) is 4.04. The Bertz CT molecular complexity index is 1300. The number of aliphatic imine (C=N–C) groups is 1. The molecule has 0 spiro atoms. The molecule has 1 aromatic carbocycles. The fourth-order valence-electron chi connectivity index (χ4n) is 2.69. The summed E-state index contributed by atoms with van der Waals surface area (Å²) in [5, 5.41) is 7.78. The molecule has 164 valence electrons. The SMILES string of the molecule is CNS(=O)(=O)c1cccc(Nc2nc(N=C3C=CCC(CS(N)(=O)=O)=C3)ncc2F)c1. The summed E-state index contributed by atoms with van der Waals surface area (Å²) in [6, 6.07) is 5.77. The van der Waals surface area contributed by atoms with Crippen LogP contribution in [0.25, 0.3) is 0 Å². The second kappa shape index (κ2) is 9.01. The summed E-state index contributed by atoms with van der Waals surface area (Å²) in [5.41, 5.74) is 1.22. The number of rotatable bonds is 7. The highest BCUT2D eigenvalue weighted by molar-refractivity contribution is 7.89. The maximum atomic E-state index is 14.2. The Balaban J connectivity index is 1.88. The van der Waals surface area contributed by atoms with E-state index >= 15 is 0 Å². The number of primary sulfonamides is 1. The van der Waals surface area contributed by atoms with E-state index in [0.717, 1.165) is 6.20 Å².